The normalized spacial score (nSPS) is 12.7. The molecule has 0 amide bonds. The van der Waals surface area contributed by atoms with Crippen LogP contribution in [0.5, 0.6) is 0 Å². The first-order valence-corrected chi connectivity index (χ1v) is 26.6. The number of carbonyl (C=O) groups is 3. The zero-order valence-corrected chi connectivity index (χ0v) is 41.8. The SMILES string of the molecule is CC/C=C\C/C=C\C/C=C\C/C=C\C/C=C\C/C=C\CCCCCCCCC(=O)OCC(COC(=O)CCCCCCCC)OC(=O)CCCCCCC/C=C\CCCCCCCC. The Kier molecular flexibility index (Phi) is 49.4. The molecule has 0 aromatic carbocycles. The number of hydrogen-bond donors (Lipinski definition) is 0. The minimum atomic E-state index is -0.783. The van der Waals surface area contributed by atoms with Crippen molar-refractivity contribution in [2.75, 3.05) is 13.2 Å². The maximum absolute atomic E-state index is 12.7. The van der Waals surface area contributed by atoms with E-state index >= 15 is 0 Å². The summed E-state index contributed by atoms with van der Waals surface area (Å²) in [5.74, 6) is -0.918. The van der Waals surface area contributed by atoms with Gasteiger partial charge in [-0.3, -0.25) is 14.4 Å². The summed E-state index contributed by atoms with van der Waals surface area (Å²) in [4.78, 5) is 37.8. The lowest BCUT2D eigenvalue weighted by Gasteiger charge is -2.18. The van der Waals surface area contributed by atoms with Crippen LogP contribution in [0.3, 0.4) is 0 Å². The summed E-state index contributed by atoms with van der Waals surface area (Å²) in [6.07, 6.45) is 67.4. The van der Waals surface area contributed by atoms with Gasteiger partial charge in [0.25, 0.3) is 0 Å². The summed E-state index contributed by atoms with van der Waals surface area (Å²) in [5.41, 5.74) is 0. The predicted octanol–water partition coefficient (Wildman–Crippen LogP) is 17.6. The molecule has 0 N–H and O–H groups in total. The van der Waals surface area contributed by atoms with Crippen molar-refractivity contribution >= 4 is 17.9 Å². The van der Waals surface area contributed by atoms with Crippen molar-refractivity contribution in [3.8, 4) is 0 Å². The van der Waals surface area contributed by atoms with Gasteiger partial charge in [-0.25, -0.2) is 0 Å². The maximum Gasteiger partial charge on any atom is 0.306 e. The number of carbonyl (C=O) groups excluding carboxylic acids is 3. The van der Waals surface area contributed by atoms with E-state index in [1.807, 2.05) is 0 Å². The van der Waals surface area contributed by atoms with E-state index in [1.54, 1.807) is 0 Å². The van der Waals surface area contributed by atoms with Crippen molar-refractivity contribution in [3.63, 3.8) is 0 Å². The van der Waals surface area contributed by atoms with Crippen LogP contribution in [-0.4, -0.2) is 37.2 Å². The third kappa shape index (κ3) is 49.6. The average Bonchev–Trinajstić information content (AvgIpc) is 3.29. The molecule has 0 saturated heterocycles. The molecule has 0 aliphatic carbocycles. The molecule has 0 radical (unpaired) electrons. The van der Waals surface area contributed by atoms with Crippen molar-refractivity contribution in [2.24, 2.45) is 0 Å². The van der Waals surface area contributed by atoms with Gasteiger partial charge in [-0.1, -0.05) is 215 Å². The number of unbranched alkanes of at least 4 members (excludes halogenated alkanes) is 22. The highest BCUT2D eigenvalue weighted by atomic mass is 16.6. The summed E-state index contributed by atoms with van der Waals surface area (Å²) < 4.78 is 16.7. The Bertz CT molecular complexity index is 1250. The highest BCUT2D eigenvalue weighted by Gasteiger charge is 2.19. The van der Waals surface area contributed by atoms with Crippen LogP contribution < -0.4 is 0 Å². The van der Waals surface area contributed by atoms with E-state index in [0.29, 0.717) is 19.3 Å². The number of allylic oxidation sites excluding steroid dienone is 14. The zero-order chi connectivity index (χ0) is 46.5. The average molecular weight is 891 g/mol. The van der Waals surface area contributed by atoms with Gasteiger partial charge in [0.15, 0.2) is 6.10 Å². The van der Waals surface area contributed by atoms with Crippen molar-refractivity contribution in [1.29, 1.82) is 0 Å². The number of rotatable bonds is 47. The molecular weight excluding hydrogens is 793 g/mol. The molecule has 1 atom stereocenters. The largest absolute Gasteiger partial charge is 0.462 e. The fourth-order valence-corrected chi connectivity index (χ4v) is 7.15. The second-order valence-corrected chi connectivity index (χ2v) is 17.4. The lowest BCUT2D eigenvalue weighted by molar-refractivity contribution is -0.167. The molecule has 0 saturated carbocycles. The molecule has 0 fully saturated rings. The summed E-state index contributed by atoms with van der Waals surface area (Å²) >= 11 is 0. The molecule has 64 heavy (non-hydrogen) atoms. The van der Waals surface area contributed by atoms with Crippen LogP contribution in [0.25, 0.3) is 0 Å². The fraction of sp³-hybridized carbons (Fsp3) is 0.707. The number of hydrogen-bond acceptors (Lipinski definition) is 6. The van der Waals surface area contributed by atoms with Gasteiger partial charge in [-0.15, -0.1) is 0 Å². The third-order valence-corrected chi connectivity index (χ3v) is 11.1. The van der Waals surface area contributed by atoms with Gasteiger partial charge in [-0.05, 0) is 96.3 Å². The maximum atomic E-state index is 12.7. The monoisotopic (exact) mass is 891 g/mol. The van der Waals surface area contributed by atoms with Gasteiger partial charge < -0.3 is 14.2 Å². The summed E-state index contributed by atoms with van der Waals surface area (Å²) in [7, 11) is 0. The first-order chi connectivity index (χ1) is 31.5. The summed E-state index contributed by atoms with van der Waals surface area (Å²) in [6.45, 7) is 6.44. The zero-order valence-electron chi connectivity index (χ0n) is 41.8. The topological polar surface area (TPSA) is 78.9 Å². The summed E-state index contributed by atoms with van der Waals surface area (Å²) in [6, 6.07) is 0. The van der Waals surface area contributed by atoms with Crippen LogP contribution in [0.1, 0.15) is 245 Å². The Morgan fingerprint density at radius 1 is 0.328 bits per heavy atom. The van der Waals surface area contributed by atoms with Crippen molar-refractivity contribution in [3.05, 3.63) is 85.1 Å². The number of esters is 3. The van der Waals surface area contributed by atoms with E-state index in [0.717, 1.165) is 122 Å². The molecule has 0 rings (SSSR count). The highest BCUT2D eigenvalue weighted by molar-refractivity contribution is 5.71. The van der Waals surface area contributed by atoms with E-state index in [9.17, 15) is 14.4 Å². The summed E-state index contributed by atoms with van der Waals surface area (Å²) in [5, 5.41) is 0. The van der Waals surface area contributed by atoms with E-state index in [1.165, 1.54) is 83.5 Å². The first-order valence-electron chi connectivity index (χ1n) is 26.6. The van der Waals surface area contributed by atoms with E-state index in [2.05, 4.69) is 106 Å². The molecule has 1 unspecified atom stereocenters. The first kappa shape index (κ1) is 60.6. The van der Waals surface area contributed by atoms with Crippen LogP contribution in [-0.2, 0) is 28.6 Å². The van der Waals surface area contributed by atoms with Gasteiger partial charge in [0, 0.05) is 19.3 Å². The lowest BCUT2D eigenvalue weighted by atomic mass is 10.1. The molecule has 0 aromatic heterocycles. The van der Waals surface area contributed by atoms with E-state index in [4.69, 9.17) is 14.2 Å². The minimum absolute atomic E-state index is 0.0847. The van der Waals surface area contributed by atoms with E-state index < -0.39 is 6.10 Å². The lowest BCUT2D eigenvalue weighted by Crippen LogP contribution is -2.30. The predicted molar refractivity (Wildman–Crippen MR) is 274 cm³/mol. The Labute approximate surface area is 395 Å². The third-order valence-electron chi connectivity index (χ3n) is 11.1. The Hall–Kier alpha value is -3.41. The van der Waals surface area contributed by atoms with Gasteiger partial charge in [-0.2, -0.15) is 0 Å². The molecule has 0 aliphatic rings. The van der Waals surface area contributed by atoms with Crippen LogP contribution in [0.4, 0.5) is 0 Å². The van der Waals surface area contributed by atoms with Gasteiger partial charge in [0.2, 0.25) is 0 Å². The van der Waals surface area contributed by atoms with Crippen molar-refractivity contribution in [2.45, 2.75) is 252 Å². The molecule has 0 heterocycles. The van der Waals surface area contributed by atoms with E-state index in [-0.39, 0.29) is 31.1 Å². The fourth-order valence-electron chi connectivity index (χ4n) is 7.15. The van der Waals surface area contributed by atoms with Crippen LogP contribution in [0.15, 0.2) is 85.1 Å². The second-order valence-electron chi connectivity index (χ2n) is 17.4. The van der Waals surface area contributed by atoms with Crippen LogP contribution in [0, 0.1) is 0 Å². The second kappa shape index (κ2) is 52.2. The Morgan fingerprint density at radius 3 is 0.969 bits per heavy atom. The smallest absolute Gasteiger partial charge is 0.306 e. The van der Waals surface area contributed by atoms with Crippen LogP contribution in [0.2, 0.25) is 0 Å². The Morgan fingerprint density at radius 2 is 0.609 bits per heavy atom. The van der Waals surface area contributed by atoms with Gasteiger partial charge >= 0.3 is 17.9 Å². The molecule has 0 aliphatic heterocycles. The molecule has 6 heteroatoms. The molecule has 0 bridgehead atoms. The highest BCUT2D eigenvalue weighted by Crippen LogP contribution is 2.14. The molecule has 0 spiro atoms. The van der Waals surface area contributed by atoms with Gasteiger partial charge in [0.1, 0.15) is 13.2 Å². The number of ether oxygens (including phenoxy) is 3. The minimum Gasteiger partial charge on any atom is -0.462 e. The van der Waals surface area contributed by atoms with Crippen LogP contribution >= 0.6 is 0 Å². The van der Waals surface area contributed by atoms with Crippen molar-refractivity contribution < 1.29 is 28.6 Å². The molecule has 6 nitrogen and oxygen atoms in total. The standard InChI is InChI=1S/C58H98O6/c1-4-7-10-13-16-18-20-22-24-25-26-27-28-29-30-31-32-33-35-36-38-40-42-45-48-51-57(60)63-54-55(53-62-56(59)50-47-44-15-12-9-6-3)64-58(61)52-49-46-43-41-39-37-34-23-21-19-17-14-11-8-5-2/h7,10,16,18,22-24,26-27,29-30,32-34,55H,4-6,8-9,11-15,17,19-21,25,28,31,35-54H2,1-3H3/b10-7-,18-16-,24-22-,27-26-,30-29-,33-32-,34-23-. The molecular formula is C58H98O6. The Balaban J connectivity index is 4.22. The van der Waals surface area contributed by atoms with Gasteiger partial charge in [0.05, 0.1) is 0 Å². The van der Waals surface area contributed by atoms with Crippen molar-refractivity contribution in [1.82, 2.24) is 0 Å². The molecule has 0 aromatic rings. The quantitative estimate of drug-likeness (QED) is 0.0262. The molecule has 366 valence electrons.